The molecule has 1 saturated carbocycles. The van der Waals surface area contributed by atoms with Crippen LogP contribution in [-0.4, -0.2) is 98.6 Å². The van der Waals surface area contributed by atoms with Crippen molar-refractivity contribution in [3.8, 4) is 0 Å². The molecule has 1 aliphatic rings. The molecule has 1 rings (SSSR count). The normalized spacial score (nSPS) is 19.9. The lowest BCUT2D eigenvalue weighted by atomic mass is 9.90. The van der Waals surface area contributed by atoms with Gasteiger partial charge in [-0.05, 0) is 57.8 Å². The van der Waals surface area contributed by atoms with Crippen molar-refractivity contribution < 1.29 is 76.6 Å². The van der Waals surface area contributed by atoms with Crippen LogP contribution in [0.1, 0.15) is 149 Å². The van der Waals surface area contributed by atoms with Crippen molar-refractivity contribution in [1.29, 1.82) is 0 Å². The van der Waals surface area contributed by atoms with Gasteiger partial charge in [-0.15, -0.1) is 0 Å². The third-order valence-corrected chi connectivity index (χ3v) is 11.3. The minimum absolute atomic E-state index is 0.000849. The lowest BCUT2D eigenvalue weighted by Gasteiger charge is -2.20. The van der Waals surface area contributed by atoms with Crippen LogP contribution >= 0.6 is 15.6 Å². The molecule has 60 heavy (non-hydrogen) atoms. The first-order chi connectivity index (χ1) is 28.6. The minimum atomic E-state index is -4.90. The number of rotatable bonds is 37. The van der Waals surface area contributed by atoms with Crippen molar-refractivity contribution >= 4 is 33.4 Å². The Labute approximate surface area is 357 Å². The number of hydrogen-bond donors (Lipinski definition) is 6. The number of carbonyl (C=O) groups excluding carboxylic acids is 3. The van der Waals surface area contributed by atoms with E-state index >= 15 is 0 Å². The molecule has 0 radical (unpaired) electrons. The minimum Gasteiger partial charge on any atom is -0.462 e. The van der Waals surface area contributed by atoms with E-state index in [4.69, 9.17) is 23.8 Å². The Kier molecular flexibility index (Phi) is 31.2. The zero-order valence-electron chi connectivity index (χ0n) is 35.8. The Morgan fingerprint density at radius 2 is 1.28 bits per heavy atom. The van der Waals surface area contributed by atoms with E-state index in [1.807, 2.05) is 12.2 Å². The van der Waals surface area contributed by atoms with Crippen LogP contribution in [0.15, 0.2) is 36.5 Å². The smallest absolute Gasteiger partial charge is 0.462 e. The van der Waals surface area contributed by atoms with E-state index < -0.39 is 84.3 Å². The van der Waals surface area contributed by atoms with Gasteiger partial charge in [0, 0.05) is 31.1 Å². The van der Waals surface area contributed by atoms with Gasteiger partial charge in [-0.2, -0.15) is 0 Å². The first kappa shape index (κ1) is 55.9. The van der Waals surface area contributed by atoms with Crippen molar-refractivity contribution in [3.63, 3.8) is 0 Å². The molecule has 0 aromatic rings. The van der Waals surface area contributed by atoms with Gasteiger partial charge in [0.15, 0.2) is 6.10 Å². The number of Topliss-reactive ketones (excluding diaryl/α,β-unsaturated/α-hetero) is 1. The van der Waals surface area contributed by atoms with E-state index in [-0.39, 0.29) is 31.0 Å². The molecule has 0 aromatic heterocycles. The van der Waals surface area contributed by atoms with Gasteiger partial charge in [0.25, 0.3) is 0 Å². The molecule has 6 N–H and O–H groups in total. The van der Waals surface area contributed by atoms with Crippen LogP contribution in [0, 0.1) is 11.8 Å². The molecule has 348 valence electrons. The van der Waals surface area contributed by atoms with Crippen LogP contribution in [0.4, 0.5) is 0 Å². The molecule has 0 bridgehead atoms. The highest BCUT2D eigenvalue weighted by Crippen LogP contribution is 2.44. The van der Waals surface area contributed by atoms with Crippen LogP contribution in [0.25, 0.3) is 0 Å². The lowest BCUT2D eigenvalue weighted by Crippen LogP contribution is -2.30. The number of hydrogen-bond acceptors (Lipinski definition) is 13. The number of aliphatic hydroxyl groups is 3. The lowest BCUT2D eigenvalue weighted by molar-refractivity contribution is -0.161. The Balaban J connectivity index is 2.59. The number of ether oxygens (including phenoxy) is 2. The van der Waals surface area contributed by atoms with Gasteiger partial charge in [0.05, 0.1) is 32.0 Å². The van der Waals surface area contributed by atoms with Crippen LogP contribution in [0.2, 0.25) is 0 Å². The molecule has 0 spiro atoms. The van der Waals surface area contributed by atoms with Crippen molar-refractivity contribution in [2.75, 3.05) is 26.4 Å². The number of ketones is 1. The molecule has 0 saturated heterocycles. The van der Waals surface area contributed by atoms with Gasteiger partial charge in [0.1, 0.15) is 18.5 Å². The SMILES string of the molecule is CCCCCC/C=C\CCCCCCCC(=O)O[C@H](COC(=O)CCC/C=C\C[C@H]1C(=O)C[C@@H](O)[C@@H]1/C=C/[C@@H](O)CCCCC)COP(=O)(O)OC[C@@H](O)COP(=O)(O)O. The molecule has 0 heterocycles. The average Bonchev–Trinajstić information content (AvgIpc) is 3.46. The molecule has 1 aliphatic carbocycles. The topological polar surface area (TPSA) is 253 Å². The second kappa shape index (κ2) is 33.5. The van der Waals surface area contributed by atoms with Gasteiger partial charge < -0.3 is 39.5 Å². The van der Waals surface area contributed by atoms with Crippen molar-refractivity contribution in [1.82, 2.24) is 0 Å². The number of esters is 2. The number of aliphatic hydroxyl groups excluding tert-OH is 3. The summed E-state index contributed by atoms with van der Waals surface area (Å²) in [5.74, 6) is -2.07. The molecule has 16 nitrogen and oxygen atoms in total. The number of carbonyl (C=O) groups is 3. The van der Waals surface area contributed by atoms with E-state index in [1.165, 1.54) is 25.7 Å². The fourth-order valence-electron chi connectivity index (χ4n) is 6.44. The predicted molar refractivity (Wildman–Crippen MR) is 226 cm³/mol. The average molecular weight is 897 g/mol. The highest BCUT2D eigenvalue weighted by atomic mass is 31.2. The zero-order valence-corrected chi connectivity index (χ0v) is 37.6. The van der Waals surface area contributed by atoms with Crippen molar-refractivity contribution in [2.24, 2.45) is 11.8 Å². The molecular weight excluding hydrogens is 822 g/mol. The van der Waals surface area contributed by atoms with E-state index in [9.17, 15) is 43.7 Å². The summed E-state index contributed by atoms with van der Waals surface area (Å²) < 4.78 is 47.7. The quantitative estimate of drug-likeness (QED) is 0.0153. The molecular formula is C42H74O16P2. The second-order valence-corrected chi connectivity index (χ2v) is 18.1. The Hall–Kier alpha value is -2.07. The molecule has 1 fully saturated rings. The number of phosphoric ester groups is 2. The monoisotopic (exact) mass is 896 g/mol. The van der Waals surface area contributed by atoms with Gasteiger partial charge >= 0.3 is 27.6 Å². The molecule has 1 unspecified atom stereocenters. The highest BCUT2D eigenvalue weighted by molar-refractivity contribution is 7.47. The maximum atomic E-state index is 12.7. The third-order valence-electron chi connectivity index (χ3n) is 9.86. The number of unbranched alkanes of at least 4 members (excludes halogenated alkanes) is 12. The maximum absolute atomic E-state index is 12.7. The zero-order chi connectivity index (χ0) is 44.7. The fraction of sp³-hybridized carbons (Fsp3) is 0.786. The van der Waals surface area contributed by atoms with E-state index in [2.05, 4.69) is 35.0 Å². The van der Waals surface area contributed by atoms with E-state index in [0.717, 1.165) is 57.8 Å². The molecule has 18 heteroatoms. The maximum Gasteiger partial charge on any atom is 0.472 e. The Bertz CT molecular complexity index is 1360. The van der Waals surface area contributed by atoms with Crippen LogP contribution in [0.5, 0.6) is 0 Å². The molecule has 7 atom stereocenters. The number of phosphoric acid groups is 2. The fourth-order valence-corrected chi connectivity index (χ4v) is 7.60. The molecule has 0 aromatic carbocycles. The van der Waals surface area contributed by atoms with Gasteiger partial charge in [-0.25, -0.2) is 9.13 Å². The first-order valence-corrected chi connectivity index (χ1v) is 24.8. The van der Waals surface area contributed by atoms with Crippen LogP contribution in [0.3, 0.4) is 0 Å². The predicted octanol–water partition coefficient (Wildman–Crippen LogP) is 7.48. The third kappa shape index (κ3) is 30.1. The summed E-state index contributed by atoms with van der Waals surface area (Å²) in [6.07, 6.45) is 23.7. The standard InChI is InChI=1S/C42H74O16P2/c1-3-5-7-8-9-10-11-12-13-14-15-16-22-26-42(48)58-36(33-57-60(52,53)56-31-35(44)30-55-59(49,50)51)32-54-41(47)25-21-18-17-20-24-37-38(40(46)29-39(37)45)28-27-34(43)23-19-6-4-2/h10-11,17,20,27-28,34-38,40,43-44,46H,3-9,12-16,18-19,21-26,29-33H2,1-2H3,(H,52,53)(H2,49,50,51)/b11-10-,20-17-,28-27+/t34-,35-,36+,37+,38+,40+/m0/s1. The summed E-state index contributed by atoms with van der Waals surface area (Å²) in [4.78, 5) is 65.4. The first-order valence-electron chi connectivity index (χ1n) is 21.8. The number of allylic oxidation sites excluding steroid dienone is 4. The summed E-state index contributed by atoms with van der Waals surface area (Å²) in [5, 5.41) is 30.4. The summed E-state index contributed by atoms with van der Waals surface area (Å²) in [5.41, 5.74) is 0. The summed E-state index contributed by atoms with van der Waals surface area (Å²) >= 11 is 0. The van der Waals surface area contributed by atoms with Crippen LogP contribution in [-0.2, 0) is 46.6 Å². The van der Waals surface area contributed by atoms with E-state index in [1.54, 1.807) is 12.2 Å². The Morgan fingerprint density at radius 3 is 1.97 bits per heavy atom. The van der Waals surface area contributed by atoms with Gasteiger partial charge in [-0.1, -0.05) is 108 Å². The largest absolute Gasteiger partial charge is 0.472 e. The Morgan fingerprint density at radius 1 is 0.717 bits per heavy atom. The van der Waals surface area contributed by atoms with Crippen LogP contribution < -0.4 is 0 Å². The molecule has 0 amide bonds. The van der Waals surface area contributed by atoms with Gasteiger partial charge in [0.2, 0.25) is 0 Å². The van der Waals surface area contributed by atoms with Crippen molar-refractivity contribution in [2.45, 2.75) is 173 Å². The summed E-state index contributed by atoms with van der Waals surface area (Å²) in [6, 6.07) is 0. The molecule has 0 aliphatic heterocycles. The highest BCUT2D eigenvalue weighted by Gasteiger charge is 2.39. The second-order valence-electron chi connectivity index (χ2n) is 15.4. The van der Waals surface area contributed by atoms with E-state index in [0.29, 0.717) is 32.1 Å². The van der Waals surface area contributed by atoms with Crippen molar-refractivity contribution in [3.05, 3.63) is 36.5 Å². The summed E-state index contributed by atoms with van der Waals surface area (Å²) in [7, 11) is -9.77. The summed E-state index contributed by atoms with van der Waals surface area (Å²) in [6.45, 7) is 1.32. The van der Waals surface area contributed by atoms with Gasteiger partial charge in [-0.3, -0.25) is 28.0 Å².